The van der Waals surface area contributed by atoms with Crippen molar-refractivity contribution in [3.05, 3.63) is 65.7 Å². The number of carbonyl (C=O) groups is 1. The molecule has 2 aromatic rings. The van der Waals surface area contributed by atoms with E-state index in [1.54, 1.807) is 12.1 Å². The number of sulfonamides is 1. The SMILES string of the molecule is CCC(CNC(=O)c1cccc(S(=O)(=O)NCC2CCCO2)c1)c1ccccc1. The van der Waals surface area contributed by atoms with E-state index >= 15 is 0 Å². The van der Waals surface area contributed by atoms with E-state index in [-0.39, 0.29) is 29.4 Å². The first-order valence-electron chi connectivity index (χ1n) is 10.0. The third-order valence-corrected chi connectivity index (χ3v) is 6.63. The Balaban J connectivity index is 1.62. The van der Waals surface area contributed by atoms with Crippen LogP contribution in [0.1, 0.15) is 48.0 Å². The van der Waals surface area contributed by atoms with E-state index in [2.05, 4.69) is 17.0 Å². The van der Waals surface area contributed by atoms with Crippen LogP contribution in [-0.2, 0) is 14.8 Å². The zero-order chi connectivity index (χ0) is 20.7. The highest BCUT2D eigenvalue weighted by Gasteiger charge is 2.21. The van der Waals surface area contributed by atoms with E-state index in [0.717, 1.165) is 19.3 Å². The van der Waals surface area contributed by atoms with Gasteiger partial charge in [0.1, 0.15) is 0 Å². The van der Waals surface area contributed by atoms with Gasteiger partial charge in [-0.3, -0.25) is 4.79 Å². The number of benzene rings is 2. The van der Waals surface area contributed by atoms with Gasteiger partial charge in [0.2, 0.25) is 10.0 Å². The predicted molar refractivity (Wildman–Crippen MR) is 112 cm³/mol. The summed E-state index contributed by atoms with van der Waals surface area (Å²) in [4.78, 5) is 12.7. The summed E-state index contributed by atoms with van der Waals surface area (Å²) < 4.78 is 33.2. The molecule has 2 unspecified atom stereocenters. The van der Waals surface area contributed by atoms with E-state index < -0.39 is 10.0 Å². The second-order valence-corrected chi connectivity index (χ2v) is 9.01. The fourth-order valence-corrected chi connectivity index (χ4v) is 4.55. The van der Waals surface area contributed by atoms with Crippen LogP contribution < -0.4 is 10.0 Å². The van der Waals surface area contributed by atoms with Gasteiger partial charge in [-0.05, 0) is 43.0 Å². The average Bonchev–Trinajstić information content (AvgIpc) is 3.27. The number of ether oxygens (including phenoxy) is 1. The van der Waals surface area contributed by atoms with Crippen molar-refractivity contribution in [1.82, 2.24) is 10.0 Å². The van der Waals surface area contributed by atoms with Crippen LogP contribution >= 0.6 is 0 Å². The van der Waals surface area contributed by atoms with Gasteiger partial charge in [0, 0.05) is 31.2 Å². The first-order chi connectivity index (χ1) is 14.0. The lowest BCUT2D eigenvalue weighted by molar-refractivity contribution is 0.0950. The molecule has 2 atom stereocenters. The first kappa shape index (κ1) is 21.5. The van der Waals surface area contributed by atoms with Crippen molar-refractivity contribution in [2.45, 2.75) is 43.1 Å². The molecule has 156 valence electrons. The molecular formula is C22H28N2O4S. The average molecular weight is 417 g/mol. The molecular weight excluding hydrogens is 388 g/mol. The maximum atomic E-state index is 12.6. The number of hydrogen-bond acceptors (Lipinski definition) is 4. The Morgan fingerprint density at radius 1 is 1.17 bits per heavy atom. The number of nitrogens with one attached hydrogen (secondary N) is 2. The molecule has 29 heavy (non-hydrogen) atoms. The normalized spacial score (nSPS) is 17.8. The van der Waals surface area contributed by atoms with Gasteiger partial charge in [0.15, 0.2) is 0 Å². The van der Waals surface area contributed by atoms with Gasteiger partial charge in [0.25, 0.3) is 5.91 Å². The zero-order valence-electron chi connectivity index (χ0n) is 16.6. The lowest BCUT2D eigenvalue weighted by Gasteiger charge is -2.16. The van der Waals surface area contributed by atoms with Crippen LogP contribution in [0.15, 0.2) is 59.5 Å². The second kappa shape index (κ2) is 10.0. The third kappa shape index (κ3) is 5.88. The van der Waals surface area contributed by atoms with Crippen molar-refractivity contribution in [1.29, 1.82) is 0 Å². The van der Waals surface area contributed by atoms with Gasteiger partial charge in [-0.25, -0.2) is 13.1 Å². The summed E-state index contributed by atoms with van der Waals surface area (Å²) in [7, 11) is -3.69. The Morgan fingerprint density at radius 2 is 1.97 bits per heavy atom. The lowest BCUT2D eigenvalue weighted by Crippen LogP contribution is -2.32. The third-order valence-electron chi connectivity index (χ3n) is 5.20. The minimum Gasteiger partial charge on any atom is -0.377 e. The highest BCUT2D eigenvalue weighted by molar-refractivity contribution is 7.89. The second-order valence-electron chi connectivity index (χ2n) is 7.24. The van der Waals surface area contributed by atoms with Gasteiger partial charge >= 0.3 is 0 Å². The first-order valence-corrected chi connectivity index (χ1v) is 11.5. The Kier molecular flexibility index (Phi) is 7.41. The fourth-order valence-electron chi connectivity index (χ4n) is 3.44. The molecule has 0 bridgehead atoms. The van der Waals surface area contributed by atoms with Crippen molar-refractivity contribution in [2.75, 3.05) is 19.7 Å². The zero-order valence-corrected chi connectivity index (χ0v) is 17.5. The topological polar surface area (TPSA) is 84.5 Å². The van der Waals surface area contributed by atoms with Crippen molar-refractivity contribution in [3.63, 3.8) is 0 Å². The van der Waals surface area contributed by atoms with E-state index in [0.29, 0.717) is 18.7 Å². The molecule has 0 aromatic heterocycles. The van der Waals surface area contributed by atoms with Gasteiger partial charge in [0.05, 0.1) is 11.0 Å². The van der Waals surface area contributed by atoms with Crippen molar-refractivity contribution in [3.8, 4) is 0 Å². The molecule has 1 amide bonds. The van der Waals surface area contributed by atoms with Crippen molar-refractivity contribution in [2.24, 2.45) is 0 Å². The maximum Gasteiger partial charge on any atom is 0.251 e. The summed E-state index contributed by atoms with van der Waals surface area (Å²) in [6.07, 6.45) is 2.61. The molecule has 6 nitrogen and oxygen atoms in total. The Bertz CT molecular complexity index is 909. The molecule has 2 aromatic carbocycles. The molecule has 1 aliphatic heterocycles. The summed E-state index contributed by atoms with van der Waals surface area (Å²) in [5.41, 5.74) is 1.50. The highest BCUT2D eigenvalue weighted by atomic mass is 32.2. The van der Waals surface area contributed by atoms with Crippen LogP contribution in [-0.4, -0.2) is 40.1 Å². The molecule has 7 heteroatoms. The Morgan fingerprint density at radius 3 is 2.66 bits per heavy atom. The van der Waals surface area contributed by atoms with Crippen LogP contribution in [0.4, 0.5) is 0 Å². The van der Waals surface area contributed by atoms with Crippen LogP contribution in [0.5, 0.6) is 0 Å². The number of carbonyl (C=O) groups excluding carboxylic acids is 1. The fraction of sp³-hybridized carbons (Fsp3) is 0.409. The van der Waals surface area contributed by atoms with Crippen LogP contribution in [0.2, 0.25) is 0 Å². The molecule has 1 heterocycles. The lowest BCUT2D eigenvalue weighted by atomic mass is 9.96. The van der Waals surface area contributed by atoms with Crippen LogP contribution in [0, 0.1) is 0 Å². The molecule has 1 saturated heterocycles. The minimum atomic E-state index is -3.69. The van der Waals surface area contributed by atoms with Gasteiger partial charge in [-0.2, -0.15) is 0 Å². The van der Waals surface area contributed by atoms with Crippen molar-refractivity contribution >= 4 is 15.9 Å². The summed E-state index contributed by atoms with van der Waals surface area (Å²) in [6.45, 7) is 3.49. The van der Waals surface area contributed by atoms with E-state index in [4.69, 9.17) is 4.74 Å². The molecule has 0 saturated carbocycles. The molecule has 1 fully saturated rings. The highest BCUT2D eigenvalue weighted by Crippen LogP contribution is 2.19. The molecule has 0 spiro atoms. The Labute approximate surface area is 172 Å². The summed E-state index contributed by atoms with van der Waals surface area (Å²) >= 11 is 0. The molecule has 2 N–H and O–H groups in total. The Hall–Kier alpha value is -2.22. The van der Waals surface area contributed by atoms with Gasteiger partial charge in [-0.1, -0.05) is 43.3 Å². The molecule has 1 aliphatic rings. The van der Waals surface area contributed by atoms with Crippen molar-refractivity contribution < 1.29 is 17.9 Å². The predicted octanol–water partition coefficient (Wildman–Crippen LogP) is 3.07. The van der Waals surface area contributed by atoms with E-state index in [9.17, 15) is 13.2 Å². The number of rotatable bonds is 9. The maximum absolute atomic E-state index is 12.6. The molecule has 0 radical (unpaired) electrons. The minimum absolute atomic E-state index is 0.0817. The molecule has 3 rings (SSSR count). The quantitative estimate of drug-likeness (QED) is 0.658. The standard InChI is InChI=1S/C22H28N2O4S/c1-2-17(18-8-4-3-5-9-18)15-23-22(25)19-10-6-12-21(14-19)29(26,27)24-16-20-11-7-13-28-20/h3-6,8-10,12,14,17,20,24H,2,7,11,13,15-16H2,1H3,(H,23,25). The van der Waals surface area contributed by atoms with Crippen LogP contribution in [0.3, 0.4) is 0 Å². The van der Waals surface area contributed by atoms with Gasteiger partial charge < -0.3 is 10.1 Å². The number of hydrogen-bond donors (Lipinski definition) is 2. The smallest absolute Gasteiger partial charge is 0.251 e. The van der Waals surface area contributed by atoms with E-state index in [1.165, 1.54) is 17.7 Å². The number of amides is 1. The molecule has 0 aliphatic carbocycles. The monoisotopic (exact) mass is 416 g/mol. The van der Waals surface area contributed by atoms with E-state index in [1.807, 2.05) is 30.3 Å². The largest absolute Gasteiger partial charge is 0.377 e. The van der Waals surface area contributed by atoms with Gasteiger partial charge in [-0.15, -0.1) is 0 Å². The summed E-state index contributed by atoms with van der Waals surface area (Å²) in [5.74, 6) is -0.0734. The summed E-state index contributed by atoms with van der Waals surface area (Å²) in [6, 6.07) is 16.1. The summed E-state index contributed by atoms with van der Waals surface area (Å²) in [5, 5.41) is 2.93. The van der Waals surface area contributed by atoms with Crippen LogP contribution in [0.25, 0.3) is 0 Å².